The fraction of sp³-hybridized carbons (Fsp3) is 0. The molecule has 14 rings (SSSR count). The molecule has 0 amide bonds. The molecule has 14 aromatic rings. The molecule has 3 heteroatoms. The topological polar surface area (TPSA) is 22.8 Å². The molecule has 0 aliphatic heterocycles. The Labute approximate surface area is 380 Å². The third-order valence-electron chi connectivity index (χ3n) is 13.9. The zero-order valence-electron chi connectivity index (χ0n) is 35.9. The van der Waals surface area contributed by atoms with Gasteiger partial charge in [0, 0.05) is 49.3 Å². The van der Waals surface area contributed by atoms with Gasteiger partial charge < -0.3 is 9.13 Å². The molecular weight excluding hydrogens is 799 g/mol. The van der Waals surface area contributed by atoms with Gasteiger partial charge in [-0.2, -0.15) is 0 Å². The zero-order chi connectivity index (χ0) is 43.3. The van der Waals surface area contributed by atoms with Crippen LogP contribution in [0.5, 0.6) is 0 Å². The van der Waals surface area contributed by atoms with Gasteiger partial charge in [0.1, 0.15) is 0 Å². The van der Waals surface area contributed by atoms with E-state index in [2.05, 4.69) is 246 Å². The van der Waals surface area contributed by atoms with Crippen LogP contribution in [0.3, 0.4) is 0 Å². The first-order valence-electron chi connectivity index (χ1n) is 22.7. The second-order valence-electron chi connectivity index (χ2n) is 17.4. The molecule has 306 valence electrons. The summed E-state index contributed by atoms with van der Waals surface area (Å²) >= 11 is 0. The maximum Gasteiger partial charge on any atom is 0.0788 e. The summed E-state index contributed by atoms with van der Waals surface area (Å²) in [6, 6.07) is 86.5. The van der Waals surface area contributed by atoms with Crippen LogP contribution in [-0.4, -0.2) is 14.1 Å². The van der Waals surface area contributed by atoms with Crippen molar-refractivity contribution in [2.45, 2.75) is 0 Å². The fourth-order valence-corrected chi connectivity index (χ4v) is 11.0. The minimum absolute atomic E-state index is 0.990. The van der Waals surface area contributed by atoms with Crippen molar-refractivity contribution in [3.63, 3.8) is 0 Å². The van der Waals surface area contributed by atoms with Gasteiger partial charge in [0.05, 0.1) is 33.3 Å². The van der Waals surface area contributed by atoms with Crippen LogP contribution in [0.15, 0.2) is 237 Å². The molecule has 3 heterocycles. The second kappa shape index (κ2) is 14.4. The first kappa shape index (κ1) is 36.7. The minimum Gasteiger partial charge on any atom is -0.309 e. The van der Waals surface area contributed by atoms with Crippen LogP contribution < -0.4 is 0 Å². The lowest BCUT2D eigenvalue weighted by atomic mass is 9.85. The van der Waals surface area contributed by atoms with Gasteiger partial charge in [0.15, 0.2) is 0 Å². The summed E-state index contributed by atoms with van der Waals surface area (Å²) in [7, 11) is 0. The summed E-state index contributed by atoms with van der Waals surface area (Å²) in [5, 5.41) is 13.4. The Kier molecular flexibility index (Phi) is 7.98. The lowest BCUT2D eigenvalue weighted by Crippen LogP contribution is -1.96. The third kappa shape index (κ3) is 5.41. The predicted octanol–water partition coefficient (Wildman–Crippen LogP) is 16.9. The van der Waals surface area contributed by atoms with Crippen molar-refractivity contribution in [2.24, 2.45) is 0 Å². The average Bonchev–Trinajstić information content (AvgIpc) is 3.91. The predicted molar refractivity (Wildman–Crippen MR) is 279 cm³/mol. The van der Waals surface area contributed by atoms with Crippen LogP contribution in [0, 0.1) is 0 Å². The summed E-state index contributed by atoms with van der Waals surface area (Å²) in [5.74, 6) is 0. The van der Waals surface area contributed by atoms with Gasteiger partial charge in [-0.15, -0.1) is 0 Å². The largest absolute Gasteiger partial charge is 0.309 e. The molecule has 0 aliphatic rings. The van der Waals surface area contributed by atoms with Crippen LogP contribution in [0.4, 0.5) is 0 Å². The average molecular weight is 838 g/mol. The van der Waals surface area contributed by atoms with E-state index in [0.29, 0.717) is 0 Å². The monoisotopic (exact) mass is 837 g/mol. The molecule has 11 aromatic carbocycles. The smallest absolute Gasteiger partial charge is 0.0788 e. The molecule has 66 heavy (non-hydrogen) atoms. The van der Waals surface area contributed by atoms with Crippen molar-refractivity contribution in [3.05, 3.63) is 237 Å². The Hall–Kier alpha value is -8.79. The maximum atomic E-state index is 5.39. The van der Waals surface area contributed by atoms with Crippen LogP contribution in [0.1, 0.15) is 0 Å². The van der Waals surface area contributed by atoms with E-state index in [9.17, 15) is 0 Å². The Morgan fingerprint density at radius 1 is 0.242 bits per heavy atom. The molecule has 0 aliphatic carbocycles. The van der Waals surface area contributed by atoms with E-state index < -0.39 is 0 Å². The quantitative estimate of drug-likeness (QED) is 0.125. The van der Waals surface area contributed by atoms with Gasteiger partial charge >= 0.3 is 0 Å². The van der Waals surface area contributed by atoms with Gasteiger partial charge in [-0.05, 0) is 110 Å². The molecule has 0 saturated heterocycles. The van der Waals surface area contributed by atoms with Crippen molar-refractivity contribution < 1.29 is 0 Å². The molecule has 0 N–H and O–H groups in total. The first-order valence-corrected chi connectivity index (χ1v) is 22.7. The van der Waals surface area contributed by atoms with Crippen LogP contribution in [0.25, 0.3) is 132 Å². The summed E-state index contributed by atoms with van der Waals surface area (Å²) < 4.78 is 4.79. The minimum atomic E-state index is 0.990. The van der Waals surface area contributed by atoms with E-state index in [4.69, 9.17) is 4.98 Å². The highest BCUT2D eigenvalue weighted by Crippen LogP contribution is 2.46. The molecular formula is C63H39N3. The standard InChI is InChI=1S/C63H39N3/c1-4-23-54-45(15-1)46-16-5-10-24-56(46)64-63(54)42-33-38-53-55(39-42)62(41-31-36-44(37-32-41)66-59-27-13-8-19-49(59)50-20-9-14-28-60(50)66)52-22-3-2-21-51(52)61(53)40-29-34-43(35-30-40)65-57-25-11-6-17-47(57)48-18-7-12-26-58(48)65/h1-39H. The normalized spacial score (nSPS) is 11.9. The zero-order valence-corrected chi connectivity index (χ0v) is 35.9. The van der Waals surface area contributed by atoms with E-state index in [0.717, 1.165) is 33.5 Å². The Balaban J connectivity index is 1.01. The molecule has 0 fully saturated rings. The number of hydrogen-bond acceptors (Lipinski definition) is 1. The fourth-order valence-electron chi connectivity index (χ4n) is 11.0. The number of hydrogen-bond donors (Lipinski definition) is 0. The van der Waals surface area contributed by atoms with Crippen molar-refractivity contribution in [1.29, 1.82) is 0 Å². The molecule has 0 saturated carbocycles. The van der Waals surface area contributed by atoms with Crippen LogP contribution >= 0.6 is 0 Å². The summed E-state index contributed by atoms with van der Waals surface area (Å²) in [4.78, 5) is 5.39. The van der Waals surface area contributed by atoms with Crippen molar-refractivity contribution in [3.8, 4) is 44.9 Å². The number of fused-ring (bicyclic) bond motifs is 11. The maximum absolute atomic E-state index is 5.39. The highest BCUT2D eigenvalue weighted by atomic mass is 15.0. The number of nitrogens with zero attached hydrogens (tertiary/aromatic N) is 3. The van der Waals surface area contributed by atoms with E-state index in [-0.39, 0.29) is 0 Å². The summed E-state index contributed by atoms with van der Waals surface area (Å²) in [5.41, 5.74) is 15.0. The Bertz CT molecular complexity index is 4160. The lowest BCUT2D eigenvalue weighted by molar-refractivity contribution is 1.18. The Morgan fingerprint density at radius 3 is 1.08 bits per heavy atom. The number of pyridine rings is 1. The molecule has 0 spiro atoms. The highest BCUT2D eigenvalue weighted by molar-refractivity contribution is 6.23. The van der Waals surface area contributed by atoms with Gasteiger partial charge in [-0.25, -0.2) is 4.98 Å². The highest BCUT2D eigenvalue weighted by Gasteiger charge is 2.21. The van der Waals surface area contributed by atoms with E-state index in [1.807, 2.05) is 0 Å². The van der Waals surface area contributed by atoms with E-state index in [1.54, 1.807) is 0 Å². The molecule has 0 radical (unpaired) electrons. The SMILES string of the molecule is c1ccc2c(c1)nc(-c1ccc3c(-c4ccc(-n5c6ccccc6c6ccccc65)cc4)c4ccccc4c(-c4ccc(-n5c6ccccc6c6ccccc65)cc4)c3c1)c1ccccc12. The molecule has 0 atom stereocenters. The molecule has 0 unspecified atom stereocenters. The van der Waals surface area contributed by atoms with Crippen LogP contribution in [-0.2, 0) is 0 Å². The van der Waals surface area contributed by atoms with Crippen molar-refractivity contribution in [2.75, 3.05) is 0 Å². The van der Waals surface area contributed by atoms with Gasteiger partial charge in [0.25, 0.3) is 0 Å². The van der Waals surface area contributed by atoms with E-state index in [1.165, 1.54) is 98.2 Å². The van der Waals surface area contributed by atoms with Gasteiger partial charge in [-0.3, -0.25) is 0 Å². The van der Waals surface area contributed by atoms with Crippen LogP contribution in [0.2, 0.25) is 0 Å². The van der Waals surface area contributed by atoms with E-state index >= 15 is 0 Å². The third-order valence-corrected chi connectivity index (χ3v) is 13.9. The summed E-state index contributed by atoms with van der Waals surface area (Å²) in [6.45, 7) is 0. The first-order chi connectivity index (χ1) is 32.8. The summed E-state index contributed by atoms with van der Waals surface area (Å²) in [6.07, 6.45) is 0. The number of benzene rings is 11. The van der Waals surface area contributed by atoms with Gasteiger partial charge in [-0.1, -0.05) is 176 Å². The molecule has 0 bridgehead atoms. The second-order valence-corrected chi connectivity index (χ2v) is 17.4. The number of aromatic nitrogens is 3. The van der Waals surface area contributed by atoms with Crippen molar-refractivity contribution >= 4 is 86.8 Å². The van der Waals surface area contributed by atoms with Gasteiger partial charge in [0.2, 0.25) is 0 Å². The molecule has 3 nitrogen and oxygen atoms in total. The Morgan fingerprint density at radius 2 is 0.591 bits per heavy atom. The molecule has 3 aromatic heterocycles. The number of para-hydroxylation sites is 5. The number of rotatable bonds is 5. The van der Waals surface area contributed by atoms with Crippen molar-refractivity contribution in [1.82, 2.24) is 14.1 Å². The lowest BCUT2D eigenvalue weighted by Gasteiger charge is -2.20.